The highest BCUT2D eigenvalue weighted by Gasteiger charge is 2.38. The molecular weight excluding hydrogens is 620 g/mol. The van der Waals surface area contributed by atoms with Crippen LogP contribution in [0, 0.1) is 31.5 Å². The van der Waals surface area contributed by atoms with Gasteiger partial charge in [0.05, 0.1) is 38.4 Å². The second-order valence-corrected chi connectivity index (χ2v) is 14.0. The average molecular weight is 653 g/mol. The van der Waals surface area contributed by atoms with Crippen molar-refractivity contribution in [2.75, 3.05) is 29.5 Å². The molecule has 0 saturated heterocycles. The summed E-state index contributed by atoms with van der Waals surface area (Å²) >= 11 is 1.39. The Hall–Kier alpha value is -3.43. The van der Waals surface area contributed by atoms with Gasteiger partial charge < -0.3 is 15.7 Å². The number of benzene rings is 1. The number of thiazole rings is 1. The Morgan fingerprint density at radius 2 is 1.82 bits per heavy atom. The van der Waals surface area contributed by atoms with Gasteiger partial charge in [0.2, 0.25) is 5.95 Å². The fourth-order valence-corrected chi connectivity index (χ4v) is 8.30. The zero-order valence-electron chi connectivity index (χ0n) is 24.2. The highest BCUT2D eigenvalue weighted by molar-refractivity contribution is 7.91. The predicted octanol–water partition coefficient (Wildman–Crippen LogP) is 5.71. The molecule has 3 heterocycles. The summed E-state index contributed by atoms with van der Waals surface area (Å²) in [6.45, 7) is 3.98. The maximum atomic E-state index is 13.7. The number of aryl methyl sites for hydroxylation is 3. The molecule has 15 heteroatoms. The normalized spacial score (nSPS) is 19.0. The zero-order valence-corrected chi connectivity index (χ0v) is 25.9. The van der Waals surface area contributed by atoms with Gasteiger partial charge in [0.1, 0.15) is 28.7 Å². The van der Waals surface area contributed by atoms with Crippen LogP contribution < -0.4 is 10.6 Å². The van der Waals surface area contributed by atoms with Crippen LogP contribution in [0.25, 0.3) is 20.8 Å². The highest BCUT2D eigenvalue weighted by atomic mass is 32.2. The molecule has 0 bridgehead atoms. The van der Waals surface area contributed by atoms with E-state index in [0.29, 0.717) is 35.5 Å². The number of aliphatic hydroxyl groups excluding tert-OH is 1. The van der Waals surface area contributed by atoms with Gasteiger partial charge in [-0.3, -0.25) is 4.98 Å². The van der Waals surface area contributed by atoms with Crippen molar-refractivity contribution in [3.8, 4) is 10.6 Å². The number of aromatic nitrogens is 4. The molecule has 3 aromatic heterocycles. The van der Waals surface area contributed by atoms with Crippen molar-refractivity contribution in [3.05, 3.63) is 53.2 Å². The van der Waals surface area contributed by atoms with Gasteiger partial charge in [-0.05, 0) is 68.9 Å². The van der Waals surface area contributed by atoms with Gasteiger partial charge in [0.15, 0.2) is 9.84 Å². The molecule has 1 saturated carbocycles. The predicted molar refractivity (Wildman–Crippen MR) is 161 cm³/mol. The molecule has 1 aromatic carbocycles. The van der Waals surface area contributed by atoms with Gasteiger partial charge in [-0.15, -0.1) is 11.3 Å². The Balaban J connectivity index is 1.39. The molecule has 3 N–H and O–H groups in total. The van der Waals surface area contributed by atoms with E-state index in [1.807, 2.05) is 13.0 Å². The summed E-state index contributed by atoms with van der Waals surface area (Å²) in [4.78, 5) is 17.8. The smallest absolute Gasteiger partial charge is 0.392 e. The summed E-state index contributed by atoms with van der Waals surface area (Å²) in [5.74, 6) is -1.66. The summed E-state index contributed by atoms with van der Waals surface area (Å²) < 4.78 is 79.5. The third-order valence-corrected chi connectivity index (χ3v) is 10.7. The van der Waals surface area contributed by atoms with Crippen LogP contribution in [0.15, 0.2) is 35.4 Å². The molecule has 9 nitrogen and oxygen atoms in total. The topological polar surface area (TPSA) is 130 Å². The molecule has 1 aliphatic carbocycles. The minimum Gasteiger partial charge on any atom is -0.392 e. The van der Waals surface area contributed by atoms with Crippen molar-refractivity contribution in [2.24, 2.45) is 11.8 Å². The van der Waals surface area contributed by atoms with Crippen molar-refractivity contribution >= 4 is 43.2 Å². The third-order valence-electron chi connectivity index (χ3n) is 7.80. The quantitative estimate of drug-likeness (QED) is 0.146. The lowest BCUT2D eigenvalue weighted by molar-refractivity contribution is -0.115. The second kappa shape index (κ2) is 12.5. The first kappa shape index (κ1) is 32.0. The first-order chi connectivity index (χ1) is 20.8. The van der Waals surface area contributed by atoms with E-state index in [0.717, 1.165) is 22.0 Å². The molecule has 4 aromatic rings. The lowest BCUT2D eigenvalue weighted by Crippen LogP contribution is -2.30. The minimum atomic E-state index is -4.48. The Morgan fingerprint density at radius 1 is 1.07 bits per heavy atom. The van der Waals surface area contributed by atoms with Crippen LogP contribution in [0.5, 0.6) is 0 Å². The van der Waals surface area contributed by atoms with Gasteiger partial charge in [0, 0.05) is 18.7 Å². The number of pyridine rings is 1. The van der Waals surface area contributed by atoms with Crippen molar-refractivity contribution in [1.29, 1.82) is 0 Å². The number of halogens is 4. The van der Waals surface area contributed by atoms with E-state index < -0.39 is 40.4 Å². The monoisotopic (exact) mass is 652 g/mol. The molecule has 236 valence electrons. The summed E-state index contributed by atoms with van der Waals surface area (Å²) in [7, 11) is -3.78. The van der Waals surface area contributed by atoms with E-state index in [2.05, 4.69) is 25.6 Å². The third kappa shape index (κ3) is 6.94. The lowest BCUT2D eigenvalue weighted by atomic mass is 10.0. The van der Waals surface area contributed by atoms with Crippen LogP contribution in [0.4, 0.5) is 29.3 Å². The molecule has 3 atom stereocenters. The van der Waals surface area contributed by atoms with Crippen molar-refractivity contribution < 1.29 is 31.1 Å². The molecule has 0 amide bonds. The van der Waals surface area contributed by atoms with Gasteiger partial charge in [-0.1, -0.05) is 6.92 Å². The number of anilines is 2. The van der Waals surface area contributed by atoms with Crippen molar-refractivity contribution in [2.45, 2.75) is 57.2 Å². The van der Waals surface area contributed by atoms with Crippen LogP contribution in [0.1, 0.15) is 36.7 Å². The molecule has 1 unspecified atom stereocenters. The van der Waals surface area contributed by atoms with Crippen LogP contribution in [0.3, 0.4) is 0 Å². The number of fused-ring (bicyclic) bond motifs is 1. The summed E-state index contributed by atoms with van der Waals surface area (Å²) in [6, 6.07) is 5.47. The van der Waals surface area contributed by atoms with Crippen LogP contribution in [-0.4, -0.2) is 64.6 Å². The minimum absolute atomic E-state index is 0.00225. The average Bonchev–Trinajstić information content (AvgIpc) is 3.54. The van der Waals surface area contributed by atoms with E-state index in [-0.39, 0.29) is 40.4 Å². The first-order valence-electron chi connectivity index (χ1n) is 14.1. The van der Waals surface area contributed by atoms with E-state index in [1.54, 1.807) is 13.1 Å². The number of hydrogen-bond acceptors (Lipinski definition) is 10. The van der Waals surface area contributed by atoms with E-state index >= 15 is 0 Å². The molecule has 0 aliphatic heterocycles. The lowest BCUT2D eigenvalue weighted by Gasteiger charge is -2.21. The number of nitrogens with one attached hydrogen (secondary N) is 2. The number of nitrogens with zero attached hydrogens (tertiary/aromatic N) is 4. The second-order valence-electron chi connectivity index (χ2n) is 11.0. The Labute approximate surface area is 256 Å². The van der Waals surface area contributed by atoms with Crippen molar-refractivity contribution in [3.63, 3.8) is 0 Å². The van der Waals surface area contributed by atoms with E-state index in [9.17, 15) is 31.1 Å². The first-order valence-corrected chi connectivity index (χ1v) is 16.6. The van der Waals surface area contributed by atoms with Crippen LogP contribution >= 0.6 is 11.3 Å². The van der Waals surface area contributed by atoms with Crippen molar-refractivity contribution in [1.82, 2.24) is 19.9 Å². The number of hydrogen-bond donors (Lipinski definition) is 3. The van der Waals surface area contributed by atoms with Crippen LogP contribution in [-0.2, 0) is 16.3 Å². The summed E-state index contributed by atoms with van der Waals surface area (Å²) in [6.07, 6.45) is -2.11. The number of aliphatic hydroxyl groups is 1. The molecule has 1 fully saturated rings. The standard InChI is InChI=1S/C29H32F4N6O3S2/c1-4-21-24-22(9-10-34-21)43-27(38-24)23-16(3)37-28(36-14-29(31,32)33)39-26(23)35-12-17-5-6-18(25(17)40)13-44(41,42)19-7-8-20(30)15(2)11-19/h7-11,17-18,25,40H,4-6,12-14H2,1-3H3,(H2,35,36,37,39)/t17?,18-,25+/m1/s1. The Morgan fingerprint density at radius 3 is 2.52 bits per heavy atom. The van der Waals surface area contributed by atoms with E-state index in [4.69, 9.17) is 4.98 Å². The Bertz CT molecular complexity index is 1780. The zero-order chi connectivity index (χ0) is 31.8. The summed E-state index contributed by atoms with van der Waals surface area (Å²) in [5, 5.41) is 17.1. The maximum absolute atomic E-state index is 13.7. The molecule has 5 rings (SSSR count). The number of alkyl halides is 3. The fourth-order valence-electron chi connectivity index (χ4n) is 5.46. The van der Waals surface area contributed by atoms with Gasteiger partial charge in [-0.25, -0.2) is 22.8 Å². The SMILES string of the molecule is CCc1nccc2sc(-c3c(C)nc(NCC(F)(F)F)nc3NCC3CC[C@H](CS(=O)(=O)c4ccc(F)c(C)c4)[C@H]3O)nc12. The van der Waals surface area contributed by atoms with Gasteiger partial charge in [0.25, 0.3) is 0 Å². The highest BCUT2D eigenvalue weighted by Crippen LogP contribution is 2.38. The van der Waals surface area contributed by atoms with E-state index in [1.165, 1.54) is 30.4 Å². The summed E-state index contributed by atoms with van der Waals surface area (Å²) in [5.41, 5.74) is 2.68. The molecular formula is C29H32F4N6O3S2. The molecule has 0 spiro atoms. The molecule has 44 heavy (non-hydrogen) atoms. The maximum Gasteiger partial charge on any atom is 0.405 e. The number of sulfone groups is 1. The van der Waals surface area contributed by atoms with Gasteiger partial charge >= 0.3 is 6.18 Å². The largest absolute Gasteiger partial charge is 0.405 e. The van der Waals surface area contributed by atoms with Gasteiger partial charge in [-0.2, -0.15) is 18.2 Å². The molecule has 1 aliphatic rings. The molecule has 0 radical (unpaired) electrons. The number of rotatable bonds is 10. The Kier molecular flexibility index (Phi) is 9.10. The van der Waals surface area contributed by atoms with Crippen LogP contribution in [0.2, 0.25) is 0 Å². The fraction of sp³-hybridized carbons (Fsp3) is 0.448.